The number of methoxy groups -OCH3 is 1. The highest BCUT2D eigenvalue weighted by Crippen LogP contribution is 2.26. The molecule has 12 amide bonds. The first-order chi connectivity index (χ1) is 44.4. The molecule has 0 aromatic rings. The number of carbonyl (C=O) groups is 13. The van der Waals surface area contributed by atoms with Crippen LogP contribution in [0.4, 0.5) is 0 Å². The van der Waals surface area contributed by atoms with Gasteiger partial charge in [0.2, 0.25) is 70.9 Å². The van der Waals surface area contributed by atoms with Crippen molar-refractivity contribution in [3.05, 3.63) is 12.2 Å². The number of nitrogens with one attached hydrogen (secondary N) is 5. The van der Waals surface area contributed by atoms with Gasteiger partial charge < -0.3 is 70.7 Å². The molecule has 0 aliphatic carbocycles. The monoisotopic (exact) mass is 1380 g/mol. The Morgan fingerprint density at radius 3 is 1.45 bits per heavy atom. The molecule has 1 saturated heterocycles. The number of nitrogens with zero attached hydrogens (tertiary/aromatic N) is 7. The summed E-state index contributed by atoms with van der Waals surface area (Å²) in [4.78, 5) is 195. The summed E-state index contributed by atoms with van der Waals surface area (Å²) in [5.41, 5.74) is 0. The molecular formula is C68H120N12O15S. The van der Waals surface area contributed by atoms with Crippen LogP contribution in [-0.2, 0) is 67.1 Å². The predicted octanol–water partition coefficient (Wildman–Crippen LogP) is 2.66. The third-order valence-corrected chi connectivity index (χ3v) is 18.4. The van der Waals surface area contributed by atoms with Gasteiger partial charge in [0.15, 0.2) is 0 Å². The van der Waals surface area contributed by atoms with Crippen molar-refractivity contribution in [2.24, 2.45) is 41.4 Å². The topological polar surface area (TPSA) is 334 Å². The number of amides is 12. The van der Waals surface area contributed by atoms with Crippen molar-refractivity contribution >= 4 is 88.6 Å². The van der Waals surface area contributed by atoms with Gasteiger partial charge in [0.05, 0.1) is 25.5 Å². The lowest BCUT2D eigenvalue weighted by Gasteiger charge is -2.41. The number of rotatable bonds is 16. The molecule has 0 aromatic carbocycles. The summed E-state index contributed by atoms with van der Waals surface area (Å²) in [7, 11) is 10.9. The molecule has 27 nitrogen and oxygen atoms in total. The van der Waals surface area contributed by atoms with Crippen molar-refractivity contribution in [3.8, 4) is 0 Å². The summed E-state index contributed by atoms with van der Waals surface area (Å²) in [6.07, 6.45) is 2.80. The second-order valence-corrected chi connectivity index (χ2v) is 29.3. The van der Waals surface area contributed by atoms with E-state index >= 15 is 14.4 Å². The van der Waals surface area contributed by atoms with Crippen LogP contribution in [0.15, 0.2) is 12.2 Å². The molecule has 548 valence electrons. The molecule has 1 rings (SSSR count). The fourth-order valence-electron chi connectivity index (χ4n) is 11.5. The smallest absolute Gasteiger partial charge is 0.329 e. The number of likely N-dealkylation sites (N-methyl/N-ethyl adjacent to an activating group) is 7. The van der Waals surface area contributed by atoms with E-state index in [2.05, 4.69) is 26.6 Å². The lowest BCUT2D eigenvalue weighted by atomic mass is 9.91. The van der Waals surface area contributed by atoms with E-state index in [1.807, 2.05) is 55.4 Å². The number of thioether (sulfide) groups is 1. The van der Waals surface area contributed by atoms with Gasteiger partial charge in [-0.3, -0.25) is 57.5 Å². The zero-order valence-electron chi connectivity index (χ0n) is 62.2. The van der Waals surface area contributed by atoms with Crippen molar-refractivity contribution in [1.29, 1.82) is 0 Å². The van der Waals surface area contributed by atoms with Gasteiger partial charge in [0.25, 0.3) is 0 Å². The minimum Gasteiger partial charge on any atom is -0.467 e. The summed E-state index contributed by atoms with van der Waals surface area (Å²) in [5, 5.41) is 25.6. The van der Waals surface area contributed by atoms with Crippen LogP contribution in [0.25, 0.3) is 0 Å². The molecule has 1 aliphatic rings. The number of ether oxygens (including phenoxy) is 1. The Labute approximate surface area is 576 Å². The Kier molecular flexibility index (Phi) is 37.0. The van der Waals surface area contributed by atoms with Crippen LogP contribution >= 0.6 is 11.8 Å². The highest BCUT2D eigenvalue weighted by atomic mass is 32.2. The number of allylic oxidation sites excluding steroid dienone is 2. The van der Waals surface area contributed by atoms with Gasteiger partial charge in [-0.2, -0.15) is 0 Å². The molecule has 0 bridgehead atoms. The standard InChI is InChI=1S/C68H120N12O15S/c1-26-28-29-43(15)57(83)56-61(87)72-46(27-2)63(89)74(18)34-52(81)71-47(68(94)95-25)35-96-36-53(82)75(19)48(30-37(3)4)60(86)73-54(41(11)12)66(92)76(20)49(31-38(5)6)59(85)69-44(16)58(84)70-45(17)62(88)77(21)50(32-39(7)8)64(90)78(22)51(33-40(9)10)65(91)79(23)55(42(13)14)67(93)80(56)24/h26,28,37-51,54-57,83H,27,29-36H2,1-25H3,(H,69,85)(H,70,84)(H,71,81)(H,72,87)(H,73,86)/b28-26+/t43-,44+,45-,46+,47+,48+,49+,50+,51+,54+,55+,56+,57-/m1/s1. The quantitative estimate of drug-likeness (QED) is 0.0956. The molecule has 6 N–H and O–H groups in total. The Morgan fingerprint density at radius 2 is 0.979 bits per heavy atom. The van der Waals surface area contributed by atoms with Gasteiger partial charge in [-0.15, -0.1) is 11.8 Å². The van der Waals surface area contributed by atoms with E-state index < -0.39 is 174 Å². The number of carbonyl (C=O) groups excluding carboxylic acids is 13. The number of hydrogen-bond acceptors (Lipinski definition) is 16. The summed E-state index contributed by atoms with van der Waals surface area (Å²) in [5.74, 6) is -12.2. The molecule has 1 heterocycles. The van der Waals surface area contributed by atoms with Crippen LogP contribution in [0, 0.1) is 41.4 Å². The molecule has 0 radical (unpaired) electrons. The SMILES string of the molecule is C/C=C/C[C@@H](C)[C@@H](O)[C@H]1C(=O)N[C@@H](CC)C(=O)N(C)CC(=O)N[C@H](C(=O)OC)CSCC(=O)N(C)[C@@H](CC(C)C)C(=O)N[C@@H](C(C)C)C(=O)N(C)[C@@H](CC(C)C)C(=O)N[C@@H](C)C(=O)N[C@H](C)C(=O)N(C)[C@@H](CC(C)C)C(=O)N(C)[C@@H](CC(C)C)C(=O)N(C)[C@@H](C(C)C)C(=O)N1C. The van der Waals surface area contributed by atoms with Crippen molar-refractivity contribution in [3.63, 3.8) is 0 Å². The lowest BCUT2D eigenvalue weighted by Crippen LogP contribution is -2.63. The third kappa shape index (κ3) is 25.5. The van der Waals surface area contributed by atoms with Gasteiger partial charge in [-0.25, -0.2) is 4.79 Å². The van der Waals surface area contributed by atoms with Crippen molar-refractivity contribution in [1.82, 2.24) is 60.9 Å². The summed E-state index contributed by atoms with van der Waals surface area (Å²) >= 11 is 0.958. The molecule has 96 heavy (non-hydrogen) atoms. The average molecular weight is 1380 g/mol. The largest absolute Gasteiger partial charge is 0.467 e. The zero-order chi connectivity index (χ0) is 74.2. The minimum atomic E-state index is -1.65. The fraction of sp³-hybridized carbons (Fsp3) is 0.779. The van der Waals surface area contributed by atoms with Gasteiger partial charge in [0.1, 0.15) is 66.5 Å². The first kappa shape index (κ1) is 87.2. The molecule has 1 fully saturated rings. The van der Waals surface area contributed by atoms with Crippen LogP contribution in [0.5, 0.6) is 0 Å². The Hall–Kier alpha value is -6.84. The molecule has 0 saturated carbocycles. The van der Waals surface area contributed by atoms with E-state index in [-0.39, 0.29) is 73.7 Å². The van der Waals surface area contributed by atoms with E-state index in [1.54, 1.807) is 60.6 Å². The van der Waals surface area contributed by atoms with Gasteiger partial charge >= 0.3 is 5.97 Å². The second kappa shape index (κ2) is 40.8. The highest BCUT2D eigenvalue weighted by molar-refractivity contribution is 8.00. The van der Waals surface area contributed by atoms with Crippen molar-refractivity contribution in [2.75, 3.05) is 74.5 Å². The van der Waals surface area contributed by atoms with Gasteiger partial charge in [-0.05, 0) is 101 Å². The maximum Gasteiger partial charge on any atom is 0.329 e. The zero-order valence-corrected chi connectivity index (χ0v) is 63.0. The maximum atomic E-state index is 15.2. The van der Waals surface area contributed by atoms with Crippen molar-refractivity contribution in [2.45, 2.75) is 229 Å². The summed E-state index contributed by atoms with van der Waals surface area (Å²) in [6.45, 7) is 28.9. The van der Waals surface area contributed by atoms with Crippen LogP contribution < -0.4 is 26.6 Å². The van der Waals surface area contributed by atoms with Crippen LogP contribution in [0.2, 0.25) is 0 Å². The highest BCUT2D eigenvalue weighted by Gasteiger charge is 2.46. The Balaban J connectivity index is 4.25. The summed E-state index contributed by atoms with van der Waals surface area (Å²) in [6, 6.07) is -14.0. The van der Waals surface area contributed by atoms with E-state index in [0.717, 1.165) is 28.7 Å². The van der Waals surface area contributed by atoms with E-state index in [0.29, 0.717) is 0 Å². The molecule has 0 spiro atoms. The second-order valence-electron chi connectivity index (χ2n) is 28.3. The van der Waals surface area contributed by atoms with Crippen LogP contribution in [0.3, 0.4) is 0 Å². The fourth-order valence-corrected chi connectivity index (χ4v) is 12.5. The van der Waals surface area contributed by atoms with Crippen LogP contribution in [-0.4, -0.2) is 263 Å². The van der Waals surface area contributed by atoms with E-state index in [1.165, 1.54) is 87.7 Å². The van der Waals surface area contributed by atoms with Crippen LogP contribution in [0.1, 0.15) is 156 Å². The molecule has 1 aliphatic heterocycles. The Bertz CT molecular complexity index is 2690. The summed E-state index contributed by atoms with van der Waals surface area (Å²) < 4.78 is 4.99. The third-order valence-electron chi connectivity index (χ3n) is 17.4. The first-order valence-corrected chi connectivity index (χ1v) is 34.9. The number of aliphatic hydroxyl groups is 1. The van der Waals surface area contributed by atoms with Gasteiger partial charge in [-0.1, -0.05) is 109 Å². The molecule has 0 aromatic heterocycles. The predicted molar refractivity (Wildman–Crippen MR) is 370 cm³/mol. The number of hydrogen-bond donors (Lipinski definition) is 6. The molecule has 13 atom stereocenters. The van der Waals surface area contributed by atoms with E-state index in [4.69, 9.17) is 4.74 Å². The molecular weight excluding hydrogens is 1260 g/mol. The maximum absolute atomic E-state index is 15.2. The Morgan fingerprint density at radius 1 is 0.531 bits per heavy atom. The average Bonchev–Trinajstić information content (AvgIpc) is 0.799. The van der Waals surface area contributed by atoms with Gasteiger partial charge in [0, 0.05) is 55.1 Å². The number of aliphatic hydroxyl groups excluding tert-OH is 1. The first-order valence-electron chi connectivity index (χ1n) is 33.7. The number of esters is 1. The minimum absolute atomic E-state index is 0.0204. The van der Waals surface area contributed by atoms with E-state index in [9.17, 15) is 53.1 Å². The normalized spacial score (nSPS) is 26.6. The molecule has 0 unspecified atom stereocenters. The molecule has 28 heteroatoms. The lowest BCUT2D eigenvalue weighted by molar-refractivity contribution is -0.157. The van der Waals surface area contributed by atoms with Crippen molar-refractivity contribution < 1.29 is 72.2 Å².